The third kappa shape index (κ3) is 29.9. The molecule has 0 saturated heterocycles. The number of nitrogen functional groups attached to an aromatic ring is 2. The summed E-state index contributed by atoms with van der Waals surface area (Å²) in [7, 11) is -28.9. The van der Waals surface area contributed by atoms with E-state index in [9.17, 15) is 89.6 Å². The van der Waals surface area contributed by atoms with E-state index in [0.717, 1.165) is 36.4 Å². The van der Waals surface area contributed by atoms with Crippen molar-refractivity contribution in [3.05, 3.63) is 72.8 Å². The molecule has 35 nitrogen and oxygen atoms in total. The number of sulfone groups is 2. The standard InChI is InChI=1S/C19H19N3O16S5.C14H16N4O12S4.7Na/c23-17-8-11(39-37-35-24)7-14-13(17)2-4-16(20-10-42(28,29)30)19(14)22-21-15-3-1-12(9-18(15)43(31,32)33)41(26,27)6-5-34-40-38-36-25;15-9-6-10(16)13(33(22,23)24)7-12(9)18-17-11-2-1-8(5-14(11)34(25,26)27)32(20,21)4-3-28-31-30-29-19;;;;;;;/h1-4,7-9,20,23-25H,5-6,10H2,(H,28,29,30)(H,31,32,33);1-2,5-7,19H,3-4,15-16H2,(H,22,23,24)(H,25,26,27);;;;;;;/q;;7*+1/p-7. The molecular weight excluding hydrogens is 1390 g/mol. The Morgan fingerprint density at radius 2 is 0.940 bits per heavy atom. The number of phenols is 1. The van der Waals surface area contributed by atoms with Crippen molar-refractivity contribution in [3.63, 3.8) is 0 Å². The summed E-state index contributed by atoms with van der Waals surface area (Å²) in [6.07, 6.45) is 0. The van der Waals surface area contributed by atoms with E-state index in [2.05, 4.69) is 62.3 Å². The van der Waals surface area contributed by atoms with Gasteiger partial charge in [0.1, 0.15) is 74.8 Å². The summed E-state index contributed by atoms with van der Waals surface area (Å²) < 4.78 is 209. The molecule has 6 N–H and O–H groups in total. The maximum Gasteiger partial charge on any atom is 1.00 e. The molecule has 0 unspecified atom stereocenters. The van der Waals surface area contributed by atoms with Crippen LogP contribution in [0.5, 0.6) is 5.75 Å². The zero-order valence-electron chi connectivity index (χ0n) is 44.1. The summed E-state index contributed by atoms with van der Waals surface area (Å²) in [5, 5.41) is 66.4. The van der Waals surface area contributed by atoms with Gasteiger partial charge in [-0.2, -0.15) is 4.33 Å². The fraction of sp³-hybridized carbons (Fsp3) is 0.152. The van der Waals surface area contributed by atoms with Crippen molar-refractivity contribution < 1.29 is 333 Å². The summed E-state index contributed by atoms with van der Waals surface area (Å²) in [6.45, 7) is -1.04. The van der Waals surface area contributed by atoms with E-state index >= 15 is 0 Å². The molecule has 0 aliphatic heterocycles. The van der Waals surface area contributed by atoms with E-state index in [0.29, 0.717) is 30.2 Å². The van der Waals surface area contributed by atoms with Crippen LogP contribution in [0.2, 0.25) is 0 Å². The van der Waals surface area contributed by atoms with Gasteiger partial charge in [0.25, 0.3) is 0 Å². The number of nitrogens with zero attached hydrogens (tertiary/aromatic N) is 4. The Labute approximate surface area is 645 Å². The summed E-state index contributed by atoms with van der Waals surface area (Å²) in [5.41, 5.74) is 8.30. The first kappa shape index (κ1) is 92.3. The zero-order valence-corrected chi connectivity index (χ0v) is 65.4. The van der Waals surface area contributed by atoms with Crippen molar-refractivity contribution in [3.8, 4) is 5.75 Å². The minimum absolute atomic E-state index is 0. The second-order valence-electron chi connectivity index (χ2n) is 13.8. The fourth-order valence-corrected chi connectivity index (χ4v) is 11.3. The normalized spacial score (nSPS) is 11.8. The second kappa shape index (κ2) is 42.3. The predicted octanol–water partition coefficient (Wildman–Crippen LogP) is -20.7. The van der Waals surface area contributed by atoms with Gasteiger partial charge in [-0.1, -0.05) is 0 Å². The molecule has 0 aromatic heterocycles. The largest absolute Gasteiger partial charge is 1.00 e. The summed E-state index contributed by atoms with van der Waals surface area (Å²) in [6, 6.07) is 11.2. The van der Waals surface area contributed by atoms with E-state index in [4.69, 9.17) is 11.5 Å². The molecule has 0 heterocycles. The van der Waals surface area contributed by atoms with Crippen LogP contribution in [-0.4, -0.2) is 104 Å². The van der Waals surface area contributed by atoms with Crippen molar-refractivity contribution in [2.24, 2.45) is 20.5 Å². The van der Waals surface area contributed by atoms with Crippen LogP contribution in [0.1, 0.15) is 0 Å². The molecular formula is C33H28N7Na7O28S9. The SMILES string of the molecule is Nc1cc(N)c(S(=O)(=O)[O-])cc1N=Nc1ccc(S(=O)(=O)CCOSOO[O-])cc1S(=O)(=O)[O-].O=S(=O)([O-])CNc1ccc2c(O)cc(SOO[O-])cc2c1N=Nc1ccc(S(=O)(=O)CCOSOO[O-])cc1S(=O)(=O)[O-].[Na+].[Na+].[Na+].[Na+].[Na+].[Na+].[Na+]. The van der Waals surface area contributed by atoms with Gasteiger partial charge in [0.05, 0.1) is 78.3 Å². The number of rotatable bonds is 27. The van der Waals surface area contributed by atoms with Gasteiger partial charge in [-0.25, -0.2) is 50.5 Å². The summed E-state index contributed by atoms with van der Waals surface area (Å²) >= 11 is 0.470. The number of hydrogen-bond acceptors (Lipinski definition) is 38. The van der Waals surface area contributed by atoms with E-state index in [-0.39, 0.29) is 270 Å². The van der Waals surface area contributed by atoms with Crippen LogP contribution in [0.25, 0.3) is 10.8 Å². The van der Waals surface area contributed by atoms with E-state index in [1.165, 1.54) is 18.2 Å². The minimum Gasteiger partial charge on any atom is -0.747 e. The quantitative estimate of drug-likeness (QED) is 0.00554. The number of phenolic OH excluding ortho intramolecular Hbond substituents is 1. The van der Waals surface area contributed by atoms with E-state index in [1.54, 1.807) is 0 Å². The molecule has 0 radical (unpaired) electrons. The van der Waals surface area contributed by atoms with Crippen LogP contribution in [0.15, 0.2) is 123 Å². The molecule has 51 heteroatoms. The van der Waals surface area contributed by atoms with Gasteiger partial charge in [-0.15, -0.1) is 29.1 Å². The average molecular weight is 1420 g/mol. The molecule has 0 aliphatic carbocycles. The van der Waals surface area contributed by atoms with E-state index < -0.39 is 138 Å². The van der Waals surface area contributed by atoms with Gasteiger partial charge < -0.3 is 55.9 Å². The first-order valence-corrected chi connectivity index (χ1v) is 30.2. The van der Waals surface area contributed by atoms with Crippen molar-refractivity contribution in [1.82, 2.24) is 0 Å². The van der Waals surface area contributed by atoms with Gasteiger partial charge in [-0.05, 0) is 72.8 Å². The molecule has 5 rings (SSSR count). The number of aromatic hydroxyl groups is 1. The number of fused-ring (bicyclic) bond motifs is 1. The summed E-state index contributed by atoms with van der Waals surface area (Å²) in [4.78, 5) is -4.16. The van der Waals surface area contributed by atoms with Gasteiger partial charge in [0.2, 0.25) is 0 Å². The van der Waals surface area contributed by atoms with E-state index in [1.807, 2.05) is 0 Å². The van der Waals surface area contributed by atoms with Crippen molar-refractivity contribution >= 4 is 147 Å². The van der Waals surface area contributed by atoms with Crippen LogP contribution in [0.3, 0.4) is 0 Å². The monoisotopic (exact) mass is 1420 g/mol. The number of nitrogens with two attached hydrogens (primary N) is 2. The Morgan fingerprint density at radius 1 is 0.500 bits per heavy atom. The van der Waals surface area contributed by atoms with Crippen LogP contribution in [-0.2, 0) is 96.6 Å². The molecule has 0 atom stereocenters. The molecule has 0 aliphatic rings. The molecule has 5 aromatic rings. The number of anilines is 3. The molecule has 5 aromatic carbocycles. The molecule has 0 saturated carbocycles. The average Bonchev–Trinajstić information content (AvgIpc) is 3.33. The fourth-order valence-electron chi connectivity index (χ4n) is 5.60. The number of nitrogens with one attached hydrogen (secondary N) is 1. The topological polar surface area (TPSA) is 574 Å². The van der Waals surface area contributed by atoms with Gasteiger partial charge in [0.15, 0.2) is 44.3 Å². The maximum absolute atomic E-state index is 12.6. The Bertz CT molecular complexity index is 3740. The Balaban J connectivity index is -0.000000719. The third-order valence-corrected chi connectivity index (χ3v) is 16.6. The predicted molar refractivity (Wildman–Crippen MR) is 248 cm³/mol. The van der Waals surface area contributed by atoms with Crippen LogP contribution >= 0.6 is 36.7 Å². The first-order chi connectivity index (χ1) is 35.8. The van der Waals surface area contributed by atoms with Gasteiger partial charge >= 0.3 is 207 Å². The molecule has 424 valence electrons. The van der Waals surface area contributed by atoms with Crippen molar-refractivity contribution in [1.29, 1.82) is 0 Å². The smallest absolute Gasteiger partial charge is 0.747 e. The van der Waals surface area contributed by atoms with Crippen LogP contribution in [0.4, 0.5) is 39.8 Å². The molecule has 0 spiro atoms. The van der Waals surface area contributed by atoms with Crippen LogP contribution in [0, 0.1) is 0 Å². The number of benzene rings is 5. The van der Waals surface area contributed by atoms with Crippen LogP contribution < -0.4 is 239 Å². The van der Waals surface area contributed by atoms with Crippen molar-refractivity contribution in [2.45, 2.75) is 29.4 Å². The van der Waals surface area contributed by atoms with Gasteiger partial charge in [-0.3, -0.25) is 23.5 Å². The number of hydrogen-bond donors (Lipinski definition) is 4. The third-order valence-electron chi connectivity index (χ3n) is 8.81. The number of azo groups is 2. The molecule has 84 heavy (non-hydrogen) atoms. The summed E-state index contributed by atoms with van der Waals surface area (Å²) in [5.74, 6) is -2.95. The van der Waals surface area contributed by atoms with Crippen molar-refractivity contribution in [2.75, 3.05) is 47.4 Å². The Morgan fingerprint density at radius 3 is 1.37 bits per heavy atom. The Hall–Kier alpha value is 1.91. The van der Waals surface area contributed by atoms with Gasteiger partial charge in [0, 0.05) is 15.7 Å². The Kier molecular flexibility index (Phi) is 46.5. The molecule has 0 fully saturated rings. The first-order valence-electron chi connectivity index (χ1n) is 19.1. The molecule has 0 bridgehead atoms. The second-order valence-corrected chi connectivity index (χ2v) is 25.2. The zero-order chi connectivity index (χ0) is 57.6. The maximum atomic E-state index is 12.6. The minimum atomic E-state index is -5.37. The molecule has 0 amide bonds.